The highest BCUT2D eigenvalue weighted by atomic mass is 19.1. The summed E-state index contributed by atoms with van der Waals surface area (Å²) >= 11 is 0. The van der Waals surface area contributed by atoms with Gasteiger partial charge in [-0.05, 0) is 58.2 Å². The standard InChI is InChI=1S/C18H25FN2O2/c1-13(6-5-9-18(2,3)22)21-11-10-20-17(21)15-12-14(19)7-8-16(15)23-4/h7-8,10-13,22H,5-6,9H2,1-4H3/t13-/m1/s1. The summed E-state index contributed by atoms with van der Waals surface area (Å²) in [6.45, 7) is 5.73. The van der Waals surface area contributed by atoms with E-state index in [9.17, 15) is 9.50 Å². The third-order valence-corrected chi connectivity index (χ3v) is 3.96. The second-order valence-corrected chi connectivity index (χ2v) is 6.56. The first-order valence-corrected chi connectivity index (χ1v) is 7.91. The molecule has 1 atom stereocenters. The zero-order valence-corrected chi connectivity index (χ0v) is 14.2. The maximum Gasteiger partial charge on any atom is 0.143 e. The molecule has 126 valence electrons. The number of hydrogen-bond donors (Lipinski definition) is 1. The molecule has 4 nitrogen and oxygen atoms in total. The first-order valence-electron chi connectivity index (χ1n) is 7.91. The van der Waals surface area contributed by atoms with Crippen LogP contribution < -0.4 is 4.74 Å². The van der Waals surface area contributed by atoms with Crippen LogP contribution in [0.4, 0.5) is 4.39 Å². The molecule has 1 N–H and O–H groups in total. The Morgan fingerprint density at radius 2 is 2.13 bits per heavy atom. The van der Waals surface area contributed by atoms with E-state index >= 15 is 0 Å². The Morgan fingerprint density at radius 3 is 2.78 bits per heavy atom. The average Bonchev–Trinajstić information content (AvgIpc) is 2.95. The molecule has 0 saturated carbocycles. The molecular weight excluding hydrogens is 295 g/mol. The maximum atomic E-state index is 13.6. The molecule has 0 aliphatic heterocycles. The third kappa shape index (κ3) is 4.55. The molecule has 23 heavy (non-hydrogen) atoms. The van der Waals surface area contributed by atoms with E-state index in [2.05, 4.69) is 11.9 Å². The summed E-state index contributed by atoms with van der Waals surface area (Å²) in [6, 6.07) is 4.63. The molecule has 0 radical (unpaired) electrons. The van der Waals surface area contributed by atoms with Crippen molar-refractivity contribution < 1.29 is 14.2 Å². The lowest BCUT2D eigenvalue weighted by molar-refractivity contribution is 0.0672. The lowest BCUT2D eigenvalue weighted by Gasteiger charge is -2.20. The lowest BCUT2D eigenvalue weighted by atomic mass is 9.99. The fourth-order valence-electron chi connectivity index (χ4n) is 2.70. The molecular formula is C18H25FN2O2. The second kappa shape index (κ2) is 7.13. The van der Waals surface area contributed by atoms with E-state index in [1.807, 2.05) is 24.6 Å². The highest BCUT2D eigenvalue weighted by Crippen LogP contribution is 2.32. The van der Waals surface area contributed by atoms with Crippen molar-refractivity contribution >= 4 is 0 Å². The maximum absolute atomic E-state index is 13.6. The van der Waals surface area contributed by atoms with Crippen molar-refractivity contribution in [2.24, 2.45) is 0 Å². The molecule has 0 fully saturated rings. The molecule has 1 heterocycles. The van der Waals surface area contributed by atoms with Gasteiger partial charge in [0.1, 0.15) is 17.4 Å². The number of halogens is 1. The average molecular weight is 320 g/mol. The predicted molar refractivity (Wildman–Crippen MR) is 89.0 cm³/mol. The van der Waals surface area contributed by atoms with E-state index in [0.717, 1.165) is 19.3 Å². The van der Waals surface area contributed by atoms with E-state index in [1.165, 1.54) is 12.1 Å². The van der Waals surface area contributed by atoms with Crippen LogP contribution in [0.1, 0.15) is 46.1 Å². The highest BCUT2D eigenvalue weighted by Gasteiger charge is 2.18. The van der Waals surface area contributed by atoms with Crippen molar-refractivity contribution in [3.05, 3.63) is 36.4 Å². The largest absolute Gasteiger partial charge is 0.496 e. The molecule has 5 heteroatoms. The van der Waals surface area contributed by atoms with Crippen molar-refractivity contribution in [3.8, 4) is 17.1 Å². The summed E-state index contributed by atoms with van der Waals surface area (Å²) in [5, 5.41) is 9.82. The van der Waals surface area contributed by atoms with E-state index in [-0.39, 0.29) is 11.9 Å². The van der Waals surface area contributed by atoms with Crippen LogP contribution in [0.15, 0.2) is 30.6 Å². The van der Waals surface area contributed by atoms with Crippen molar-refractivity contribution in [1.82, 2.24) is 9.55 Å². The molecule has 0 bridgehead atoms. The number of hydrogen-bond acceptors (Lipinski definition) is 3. The van der Waals surface area contributed by atoms with Crippen molar-refractivity contribution in [2.75, 3.05) is 7.11 Å². The van der Waals surface area contributed by atoms with Gasteiger partial charge in [0.2, 0.25) is 0 Å². The van der Waals surface area contributed by atoms with Gasteiger partial charge in [0.25, 0.3) is 0 Å². The van der Waals surface area contributed by atoms with Gasteiger partial charge in [-0.25, -0.2) is 9.37 Å². The summed E-state index contributed by atoms with van der Waals surface area (Å²) in [7, 11) is 1.57. The number of aliphatic hydroxyl groups is 1. The first kappa shape index (κ1) is 17.5. The quantitative estimate of drug-likeness (QED) is 0.831. The molecule has 0 amide bonds. The van der Waals surface area contributed by atoms with Crippen LogP contribution in [0.5, 0.6) is 5.75 Å². The molecule has 1 aromatic carbocycles. The molecule has 2 aromatic rings. The van der Waals surface area contributed by atoms with Gasteiger partial charge < -0.3 is 14.4 Å². The van der Waals surface area contributed by atoms with Crippen LogP contribution in [-0.4, -0.2) is 27.4 Å². The highest BCUT2D eigenvalue weighted by molar-refractivity contribution is 5.64. The van der Waals surface area contributed by atoms with Gasteiger partial charge in [-0.2, -0.15) is 0 Å². The Labute approximate surface area is 136 Å². The SMILES string of the molecule is COc1ccc(F)cc1-c1nccn1[C@H](C)CCCC(C)(C)O. The van der Waals surface area contributed by atoms with E-state index in [4.69, 9.17) is 4.74 Å². The topological polar surface area (TPSA) is 47.3 Å². The molecule has 1 aromatic heterocycles. The van der Waals surface area contributed by atoms with Gasteiger partial charge >= 0.3 is 0 Å². The third-order valence-electron chi connectivity index (χ3n) is 3.96. The van der Waals surface area contributed by atoms with Gasteiger partial charge in [-0.1, -0.05) is 0 Å². The number of methoxy groups -OCH3 is 1. The zero-order valence-electron chi connectivity index (χ0n) is 14.2. The Morgan fingerprint density at radius 1 is 1.39 bits per heavy atom. The minimum atomic E-state index is -0.650. The molecule has 2 rings (SSSR count). The zero-order chi connectivity index (χ0) is 17.0. The van der Waals surface area contributed by atoms with Crippen molar-refractivity contribution in [2.45, 2.75) is 51.7 Å². The van der Waals surface area contributed by atoms with Crippen molar-refractivity contribution in [1.29, 1.82) is 0 Å². The van der Waals surface area contributed by atoms with E-state index < -0.39 is 5.60 Å². The number of aromatic nitrogens is 2. The number of ether oxygens (including phenoxy) is 1. The summed E-state index contributed by atoms with van der Waals surface area (Å²) in [6.07, 6.45) is 6.17. The minimum Gasteiger partial charge on any atom is -0.496 e. The predicted octanol–water partition coefficient (Wildman–Crippen LogP) is 4.20. The summed E-state index contributed by atoms with van der Waals surface area (Å²) in [5.74, 6) is 0.977. The first-order chi connectivity index (χ1) is 10.8. The molecule has 0 aliphatic rings. The number of nitrogens with zero attached hydrogens (tertiary/aromatic N) is 2. The van der Waals surface area contributed by atoms with Gasteiger partial charge in [-0.3, -0.25) is 0 Å². The number of imidazole rings is 1. The number of benzene rings is 1. The van der Waals surface area contributed by atoms with Crippen LogP contribution in [-0.2, 0) is 0 Å². The fraction of sp³-hybridized carbons (Fsp3) is 0.500. The Kier molecular flexibility index (Phi) is 5.42. The van der Waals surface area contributed by atoms with E-state index in [1.54, 1.807) is 19.4 Å². The second-order valence-electron chi connectivity index (χ2n) is 6.56. The lowest BCUT2D eigenvalue weighted by Crippen LogP contribution is -2.18. The van der Waals surface area contributed by atoms with Gasteiger partial charge in [-0.15, -0.1) is 0 Å². The van der Waals surface area contributed by atoms with Crippen molar-refractivity contribution in [3.63, 3.8) is 0 Å². The fourth-order valence-corrected chi connectivity index (χ4v) is 2.70. The minimum absolute atomic E-state index is 0.197. The van der Waals surface area contributed by atoms with Crippen LogP contribution >= 0.6 is 0 Å². The molecule has 0 spiro atoms. The summed E-state index contributed by atoms with van der Waals surface area (Å²) in [5.41, 5.74) is -0.00432. The Bertz CT molecular complexity index is 647. The number of rotatable bonds is 7. The molecule has 0 saturated heterocycles. The van der Waals surface area contributed by atoms with Gasteiger partial charge in [0.15, 0.2) is 0 Å². The van der Waals surface area contributed by atoms with Gasteiger partial charge in [0.05, 0.1) is 18.3 Å². The van der Waals surface area contributed by atoms with Crippen LogP contribution in [0, 0.1) is 5.82 Å². The van der Waals surface area contributed by atoms with Gasteiger partial charge in [0, 0.05) is 18.4 Å². The Balaban J connectivity index is 2.21. The summed E-state index contributed by atoms with van der Waals surface area (Å²) < 4.78 is 21.0. The van der Waals surface area contributed by atoms with Crippen LogP contribution in [0.3, 0.4) is 0 Å². The monoisotopic (exact) mass is 320 g/mol. The van der Waals surface area contributed by atoms with Crippen LogP contribution in [0.2, 0.25) is 0 Å². The smallest absolute Gasteiger partial charge is 0.143 e. The normalized spacial score (nSPS) is 13.1. The Hall–Kier alpha value is -1.88. The molecule has 0 unspecified atom stereocenters. The van der Waals surface area contributed by atoms with E-state index in [0.29, 0.717) is 17.1 Å². The molecule has 0 aliphatic carbocycles. The summed E-state index contributed by atoms with van der Waals surface area (Å²) in [4.78, 5) is 4.38. The van der Waals surface area contributed by atoms with Crippen LogP contribution in [0.25, 0.3) is 11.4 Å².